The lowest BCUT2D eigenvalue weighted by molar-refractivity contribution is -0.122. The van der Waals surface area contributed by atoms with Crippen LogP contribution in [0.5, 0.6) is 0 Å². The third kappa shape index (κ3) is 4.70. The minimum absolute atomic E-state index is 0.0322. The van der Waals surface area contributed by atoms with Crippen molar-refractivity contribution in [1.82, 2.24) is 10.3 Å². The zero-order valence-corrected chi connectivity index (χ0v) is 18.2. The minimum Gasteiger partial charge on any atom is -0.349 e. The highest BCUT2D eigenvalue weighted by Crippen LogP contribution is 2.30. The van der Waals surface area contributed by atoms with Crippen LogP contribution in [0.25, 0.3) is 10.2 Å². The Morgan fingerprint density at radius 2 is 2.03 bits per heavy atom. The van der Waals surface area contributed by atoms with Gasteiger partial charge < -0.3 is 10.6 Å². The van der Waals surface area contributed by atoms with Crippen LogP contribution in [0.2, 0.25) is 0 Å². The number of thiazole rings is 1. The Balaban J connectivity index is 1.36. The van der Waals surface area contributed by atoms with Crippen LogP contribution >= 0.6 is 11.3 Å². The maximum absolute atomic E-state index is 12.6. The number of anilines is 1. The van der Waals surface area contributed by atoms with E-state index >= 15 is 0 Å². The lowest BCUT2D eigenvalue weighted by Crippen LogP contribution is -2.31. The number of amides is 2. The van der Waals surface area contributed by atoms with Gasteiger partial charge in [-0.15, -0.1) is 0 Å². The first-order valence-electron chi connectivity index (χ1n) is 10.6. The summed E-state index contributed by atoms with van der Waals surface area (Å²) in [4.78, 5) is 28.9. The topological polar surface area (TPSA) is 71.1 Å². The molecule has 30 heavy (non-hydrogen) atoms. The highest BCUT2D eigenvalue weighted by Gasteiger charge is 2.21. The second kappa shape index (κ2) is 8.96. The Morgan fingerprint density at radius 1 is 1.20 bits per heavy atom. The van der Waals surface area contributed by atoms with Gasteiger partial charge in [0, 0.05) is 12.3 Å². The summed E-state index contributed by atoms with van der Waals surface area (Å²) in [5.74, 6) is -0.0246. The number of nitrogens with zero attached hydrogens (tertiary/aromatic N) is 1. The zero-order valence-electron chi connectivity index (χ0n) is 17.4. The standard InChI is InChI=1S/C24H27N3O2S/c1-15(2)23(29)27-24-26-20-12-10-16(14-21(20)30-24)11-13-22(28)25-19-9-5-7-17-6-3-4-8-18(17)19/h3-4,6,8,10,12,14-15,19H,5,7,9,11,13H2,1-2H3,(H,25,28)(H,26,27,29). The van der Waals surface area contributed by atoms with E-state index in [2.05, 4.69) is 39.9 Å². The number of carbonyl (C=O) groups excluding carboxylic acids is 2. The minimum atomic E-state index is -0.0813. The number of carbonyl (C=O) groups is 2. The Bertz CT molecular complexity index is 1070. The van der Waals surface area contributed by atoms with E-state index < -0.39 is 0 Å². The predicted molar refractivity (Wildman–Crippen MR) is 122 cm³/mol. The van der Waals surface area contributed by atoms with E-state index in [1.807, 2.05) is 32.0 Å². The number of hydrogen-bond acceptors (Lipinski definition) is 4. The van der Waals surface area contributed by atoms with Gasteiger partial charge in [0.2, 0.25) is 11.8 Å². The molecule has 0 saturated carbocycles. The monoisotopic (exact) mass is 421 g/mol. The van der Waals surface area contributed by atoms with Gasteiger partial charge in [-0.3, -0.25) is 9.59 Å². The van der Waals surface area contributed by atoms with E-state index in [1.165, 1.54) is 22.5 Å². The van der Waals surface area contributed by atoms with Crippen LogP contribution in [0.1, 0.15) is 55.8 Å². The fourth-order valence-electron chi connectivity index (χ4n) is 3.86. The molecule has 0 aliphatic heterocycles. The SMILES string of the molecule is CC(C)C(=O)Nc1nc2ccc(CCC(=O)NC3CCCc4ccccc43)cc2s1. The molecule has 1 aliphatic rings. The maximum atomic E-state index is 12.6. The van der Waals surface area contributed by atoms with Crippen molar-refractivity contribution in [3.8, 4) is 0 Å². The molecule has 1 aliphatic carbocycles. The maximum Gasteiger partial charge on any atom is 0.228 e. The van der Waals surface area contributed by atoms with E-state index in [4.69, 9.17) is 0 Å². The third-order valence-corrected chi connectivity index (χ3v) is 6.49. The Labute approximate surface area is 180 Å². The zero-order chi connectivity index (χ0) is 21.1. The van der Waals surface area contributed by atoms with Crippen LogP contribution < -0.4 is 10.6 Å². The molecule has 2 aromatic carbocycles. The van der Waals surface area contributed by atoms with E-state index in [0.717, 1.165) is 35.0 Å². The summed E-state index contributed by atoms with van der Waals surface area (Å²) in [7, 11) is 0. The second-order valence-corrected chi connectivity index (χ2v) is 9.21. The van der Waals surface area contributed by atoms with Gasteiger partial charge in [0.25, 0.3) is 0 Å². The largest absolute Gasteiger partial charge is 0.349 e. The highest BCUT2D eigenvalue weighted by atomic mass is 32.1. The Morgan fingerprint density at radius 3 is 2.87 bits per heavy atom. The van der Waals surface area contributed by atoms with E-state index in [0.29, 0.717) is 18.0 Å². The van der Waals surface area contributed by atoms with Gasteiger partial charge >= 0.3 is 0 Å². The van der Waals surface area contributed by atoms with Crippen LogP contribution in [-0.2, 0) is 22.4 Å². The summed E-state index contributed by atoms with van der Waals surface area (Å²) >= 11 is 1.47. The molecule has 0 bridgehead atoms. The molecule has 2 amide bonds. The summed E-state index contributed by atoms with van der Waals surface area (Å²) in [6, 6.07) is 14.6. The van der Waals surface area contributed by atoms with Crippen molar-refractivity contribution in [3.63, 3.8) is 0 Å². The Kier molecular flexibility index (Phi) is 6.13. The molecule has 156 valence electrons. The van der Waals surface area contributed by atoms with Crippen molar-refractivity contribution in [3.05, 3.63) is 59.2 Å². The number of aryl methyl sites for hydroxylation is 2. The van der Waals surface area contributed by atoms with E-state index in [-0.39, 0.29) is 23.8 Å². The van der Waals surface area contributed by atoms with Crippen LogP contribution in [0.15, 0.2) is 42.5 Å². The number of nitrogens with one attached hydrogen (secondary N) is 2. The molecular formula is C24H27N3O2S. The van der Waals surface area contributed by atoms with Gasteiger partial charge in [-0.25, -0.2) is 4.98 Å². The quantitative estimate of drug-likeness (QED) is 0.587. The van der Waals surface area contributed by atoms with Crippen LogP contribution in [0.3, 0.4) is 0 Å². The van der Waals surface area contributed by atoms with Crippen molar-refractivity contribution in [1.29, 1.82) is 0 Å². The summed E-state index contributed by atoms with van der Waals surface area (Å²) in [6.07, 6.45) is 4.35. The smallest absolute Gasteiger partial charge is 0.228 e. The van der Waals surface area contributed by atoms with Crippen LogP contribution in [0.4, 0.5) is 5.13 Å². The number of benzene rings is 2. The molecule has 1 aromatic heterocycles. The van der Waals surface area contributed by atoms with Gasteiger partial charge in [0.05, 0.1) is 16.3 Å². The molecule has 6 heteroatoms. The van der Waals surface area contributed by atoms with Crippen LogP contribution in [-0.4, -0.2) is 16.8 Å². The molecule has 5 nitrogen and oxygen atoms in total. The summed E-state index contributed by atoms with van der Waals surface area (Å²) in [5.41, 5.74) is 4.59. The first kappa shape index (κ1) is 20.5. The highest BCUT2D eigenvalue weighted by molar-refractivity contribution is 7.22. The normalized spacial score (nSPS) is 15.8. The molecule has 1 atom stereocenters. The third-order valence-electron chi connectivity index (χ3n) is 5.55. The fourth-order valence-corrected chi connectivity index (χ4v) is 4.79. The molecule has 1 heterocycles. The molecule has 0 fully saturated rings. The second-order valence-electron chi connectivity index (χ2n) is 8.18. The average molecular weight is 422 g/mol. The van der Waals surface area contributed by atoms with Gasteiger partial charge in [0.15, 0.2) is 5.13 Å². The Hall–Kier alpha value is -2.73. The molecule has 0 spiro atoms. The van der Waals surface area contributed by atoms with E-state index in [1.54, 1.807) is 0 Å². The van der Waals surface area contributed by atoms with Crippen molar-refractivity contribution >= 4 is 38.5 Å². The molecule has 0 radical (unpaired) electrons. The molecule has 1 unspecified atom stereocenters. The average Bonchev–Trinajstić information content (AvgIpc) is 3.14. The molecule has 4 rings (SSSR count). The van der Waals surface area contributed by atoms with Gasteiger partial charge in [-0.05, 0) is 54.5 Å². The van der Waals surface area contributed by atoms with Crippen molar-refractivity contribution in [2.45, 2.75) is 52.0 Å². The molecule has 0 saturated heterocycles. The summed E-state index contributed by atoms with van der Waals surface area (Å²) < 4.78 is 1.02. The van der Waals surface area contributed by atoms with Crippen molar-refractivity contribution in [2.75, 3.05) is 5.32 Å². The lowest BCUT2D eigenvalue weighted by atomic mass is 9.87. The summed E-state index contributed by atoms with van der Waals surface area (Å²) in [6.45, 7) is 3.72. The molecule has 2 N–H and O–H groups in total. The van der Waals surface area contributed by atoms with Gasteiger partial charge in [-0.2, -0.15) is 0 Å². The number of rotatable bonds is 6. The number of hydrogen-bond donors (Lipinski definition) is 2. The number of fused-ring (bicyclic) bond motifs is 2. The van der Waals surface area contributed by atoms with E-state index in [9.17, 15) is 9.59 Å². The summed E-state index contributed by atoms with van der Waals surface area (Å²) in [5, 5.41) is 6.70. The fraction of sp³-hybridized carbons (Fsp3) is 0.375. The van der Waals surface area contributed by atoms with Gasteiger partial charge in [0.1, 0.15) is 0 Å². The predicted octanol–water partition coefficient (Wildman–Crippen LogP) is 5.02. The van der Waals surface area contributed by atoms with Crippen LogP contribution in [0, 0.1) is 5.92 Å². The van der Waals surface area contributed by atoms with Gasteiger partial charge in [-0.1, -0.05) is 55.5 Å². The molecule has 3 aromatic rings. The first-order valence-corrected chi connectivity index (χ1v) is 11.4. The molecular weight excluding hydrogens is 394 g/mol. The number of aromatic nitrogens is 1. The lowest BCUT2D eigenvalue weighted by Gasteiger charge is -2.26. The van der Waals surface area contributed by atoms with Crippen molar-refractivity contribution < 1.29 is 9.59 Å². The first-order chi connectivity index (χ1) is 14.5. The van der Waals surface area contributed by atoms with Crippen molar-refractivity contribution in [2.24, 2.45) is 5.92 Å².